The van der Waals surface area contributed by atoms with Crippen LogP contribution in [0.3, 0.4) is 0 Å². The molecule has 6 heteroatoms. The lowest BCUT2D eigenvalue weighted by atomic mass is 10.1. The van der Waals surface area contributed by atoms with Gasteiger partial charge in [0.05, 0.1) is 12.2 Å². The number of aromatic nitrogens is 2. The largest absolute Gasteiger partial charge is 0.488 e. The van der Waals surface area contributed by atoms with Crippen molar-refractivity contribution in [3.05, 3.63) is 47.3 Å². The predicted molar refractivity (Wildman–Crippen MR) is 109 cm³/mol. The molecule has 2 heterocycles. The quantitative estimate of drug-likeness (QED) is 0.628. The number of ether oxygens (including phenoxy) is 1. The summed E-state index contributed by atoms with van der Waals surface area (Å²) in [6.07, 6.45) is 3.13. The standard InChI is InChI=1S/C21H31N5O/c1-6-22-21(23-12-18-11-16-9-7-8-10-19(16)27-18)25(4)13-17-14-26(5)24-20(17)15(2)3/h7-10,14-15,18H,6,11-13H2,1-5H3,(H,22,23). The highest BCUT2D eigenvalue weighted by Gasteiger charge is 2.22. The summed E-state index contributed by atoms with van der Waals surface area (Å²) in [5, 5.41) is 8.01. The van der Waals surface area contributed by atoms with Crippen LogP contribution in [0, 0.1) is 0 Å². The van der Waals surface area contributed by atoms with Crippen LogP contribution in [0.15, 0.2) is 35.5 Å². The molecule has 0 spiro atoms. The van der Waals surface area contributed by atoms with E-state index in [1.54, 1.807) is 0 Å². The van der Waals surface area contributed by atoms with Crippen molar-refractivity contribution in [1.29, 1.82) is 0 Å². The van der Waals surface area contributed by atoms with Crippen molar-refractivity contribution in [2.75, 3.05) is 20.1 Å². The average molecular weight is 370 g/mol. The first-order valence-corrected chi connectivity index (χ1v) is 9.74. The molecule has 0 radical (unpaired) electrons. The lowest BCUT2D eigenvalue weighted by Gasteiger charge is -2.23. The Morgan fingerprint density at radius 3 is 2.89 bits per heavy atom. The van der Waals surface area contributed by atoms with Gasteiger partial charge in [-0.25, -0.2) is 4.99 Å². The Morgan fingerprint density at radius 2 is 2.19 bits per heavy atom. The Balaban J connectivity index is 1.67. The zero-order valence-corrected chi connectivity index (χ0v) is 17.1. The van der Waals surface area contributed by atoms with Gasteiger partial charge in [-0.3, -0.25) is 4.68 Å². The molecule has 1 aromatic heterocycles. The number of para-hydroxylation sites is 1. The fourth-order valence-corrected chi connectivity index (χ4v) is 3.51. The third kappa shape index (κ3) is 4.62. The molecular formula is C21H31N5O. The van der Waals surface area contributed by atoms with E-state index in [0.717, 1.165) is 36.9 Å². The van der Waals surface area contributed by atoms with E-state index in [4.69, 9.17) is 9.73 Å². The molecule has 0 bridgehead atoms. The maximum Gasteiger partial charge on any atom is 0.194 e. The number of aryl methyl sites for hydroxylation is 1. The van der Waals surface area contributed by atoms with E-state index in [2.05, 4.69) is 61.5 Å². The van der Waals surface area contributed by atoms with Crippen LogP contribution in [0.2, 0.25) is 0 Å². The van der Waals surface area contributed by atoms with Crippen LogP contribution in [0.5, 0.6) is 5.75 Å². The van der Waals surface area contributed by atoms with Crippen molar-refractivity contribution >= 4 is 5.96 Å². The molecule has 1 aromatic carbocycles. The topological polar surface area (TPSA) is 54.7 Å². The van der Waals surface area contributed by atoms with Crippen molar-refractivity contribution in [1.82, 2.24) is 20.0 Å². The molecule has 1 aliphatic heterocycles. The van der Waals surface area contributed by atoms with Crippen LogP contribution in [-0.4, -0.2) is 46.9 Å². The molecule has 0 aliphatic carbocycles. The molecule has 6 nitrogen and oxygen atoms in total. The monoisotopic (exact) mass is 369 g/mol. The van der Waals surface area contributed by atoms with Crippen LogP contribution in [0.4, 0.5) is 0 Å². The van der Waals surface area contributed by atoms with Gasteiger partial charge < -0.3 is 15.0 Å². The smallest absolute Gasteiger partial charge is 0.194 e. The molecule has 1 aliphatic rings. The fraction of sp³-hybridized carbons (Fsp3) is 0.524. The van der Waals surface area contributed by atoms with Crippen molar-refractivity contribution in [3.63, 3.8) is 0 Å². The second-order valence-electron chi connectivity index (χ2n) is 7.47. The predicted octanol–water partition coefficient (Wildman–Crippen LogP) is 2.94. The summed E-state index contributed by atoms with van der Waals surface area (Å²) in [7, 11) is 4.05. The average Bonchev–Trinajstić information content (AvgIpc) is 3.21. The van der Waals surface area contributed by atoms with E-state index < -0.39 is 0 Å². The van der Waals surface area contributed by atoms with Gasteiger partial charge in [-0.05, 0) is 24.5 Å². The van der Waals surface area contributed by atoms with Gasteiger partial charge in [-0.15, -0.1) is 0 Å². The highest BCUT2D eigenvalue weighted by molar-refractivity contribution is 5.79. The summed E-state index contributed by atoms with van der Waals surface area (Å²) in [5.41, 5.74) is 3.66. The van der Waals surface area contributed by atoms with E-state index in [9.17, 15) is 0 Å². The minimum Gasteiger partial charge on any atom is -0.488 e. The molecule has 0 amide bonds. The van der Waals surface area contributed by atoms with E-state index in [1.807, 2.05) is 23.9 Å². The van der Waals surface area contributed by atoms with Gasteiger partial charge >= 0.3 is 0 Å². The number of hydrogen-bond donors (Lipinski definition) is 1. The van der Waals surface area contributed by atoms with Gasteiger partial charge in [0.1, 0.15) is 11.9 Å². The van der Waals surface area contributed by atoms with Gasteiger partial charge in [-0.1, -0.05) is 32.0 Å². The number of aliphatic imine (C=N–C) groups is 1. The number of fused-ring (bicyclic) bond motifs is 1. The number of nitrogens with one attached hydrogen (secondary N) is 1. The Bertz CT molecular complexity index is 771. The first kappa shape index (κ1) is 19.3. The molecule has 0 saturated carbocycles. The molecule has 1 atom stereocenters. The van der Waals surface area contributed by atoms with Crippen LogP contribution in [0.1, 0.15) is 43.5 Å². The van der Waals surface area contributed by atoms with E-state index in [-0.39, 0.29) is 6.10 Å². The summed E-state index contributed by atoms with van der Waals surface area (Å²) in [5.74, 6) is 2.29. The highest BCUT2D eigenvalue weighted by Crippen LogP contribution is 2.28. The second-order valence-corrected chi connectivity index (χ2v) is 7.47. The summed E-state index contributed by atoms with van der Waals surface area (Å²) in [6, 6.07) is 8.24. The van der Waals surface area contributed by atoms with E-state index in [1.165, 1.54) is 11.1 Å². The molecule has 0 fully saturated rings. The normalized spacial score (nSPS) is 16.4. The summed E-state index contributed by atoms with van der Waals surface area (Å²) >= 11 is 0. The molecule has 2 aromatic rings. The summed E-state index contributed by atoms with van der Waals surface area (Å²) in [4.78, 5) is 7.00. The molecular weight excluding hydrogens is 338 g/mol. The molecule has 1 N–H and O–H groups in total. The third-order valence-electron chi connectivity index (χ3n) is 4.75. The first-order valence-electron chi connectivity index (χ1n) is 9.74. The van der Waals surface area contributed by atoms with Crippen molar-refractivity contribution in [2.24, 2.45) is 12.0 Å². The summed E-state index contributed by atoms with van der Waals surface area (Å²) in [6.45, 7) is 8.71. The summed E-state index contributed by atoms with van der Waals surface area (Å²) < 4.78 is 7.92. The van der Waals surface area contributed by atoms with Crippen LogP contribution in [0.25, 0.3) is 0 Å². The molecule has 146 valence electrons. The van der Waals surface area contributed by atoms with Crippen LogP contribution < -0.4 is 10.1 Å². The van der Waals surface area contributed by atoms with Gasteiger partial charge in [0.15, 0.2) is 5.96 Å². The minimum atomic E-state index is 0.106. The maximum absolute atomic E-state index is 6.02. The number of rotatable bonds is 6. The van der Waals surface area contributed by atoms with Crippen molar-refractivity contribution in [3.8, 4) is 5.75 Å². The van der Waals surface area contributed by atoms with Gasteiger partial charge in [0.25, 0.3) is 0 Å². The molecule has 1 unspecified atom stereocenters. The Morgan fingerprint density at radius 1 is 1.41 bits per heavy atom. The number of benzene rings is 1. The molecule has 3 rings (SSSR count). The van der Waals surface area contributed by atoms with Crippen molar-refractivity contribution in [2.45, 2.75) is 45.8 Å². The minimum absolute atomic E-state index is 0.106. The Kier molecular flexibility index (Phi) is 6.04. The molecule has 0 saturated heterocycles. The first-order chi connectivity index (χ1) is 13.0. The lowest BCUT2D eigenvalue weighted by molar-refractivity contribution is 0.241. The Hall–Kier alpha value is -2.50. The maximum atomic E-state index is 6.02. The number of nitrogens with zero attached hydrogens (tertiary/aromatic N) is 4. The zero-order chi connectivity index (χ0) is 19.4. The lowest BCUT2D eigenvalue weighted by Crippen LogP contribution is -2.39. The van der Waals surface area contributed by atoms with E-state index in [0.29, 0.717) is 12.5 Å². The van der Waals surface area contributed by atoms with Gasteiger partial charge in [0, 0.05) is 45.4 Å². The van der Waals surface area contributed by atoms with E-state index >= 15 is 0 Å². The van der Waals surface area contributed by atoms with Gasteiger partial charge in [-0.2, -0.15) is 5.10 Å². The Labute approximate surface area is 162 Å². The van der Waals surface area contributed by atoms with Gasteiger partial charge in [0.2, 0.25) is 0 Å². The highest BCUT2D eigenvalue weighted by atomic mass is 16.5. The van der Waals surface area contributed by atoms with Crippen molar-refractivity contribution < 1.29 is 4.74 Å². The third-order valence-corrected chi connectivity index (χ3v) is 4.75. The van der Waals surface area contributed by atoms with Crippen LogP contribution in [-0.2, 0) is 20.0 Å². The van der Waals surface area contributed by atoms with Crippen LogP contribution >= 0.6 is 0 Å². The second kappa shape index (κ2) is 8.46. The fourth-order valence-electron chi connectivity index (χ4n) is 3.51. The SMILES string of the molecule is CCNC(=NCC1Cc2ccccc2O1)N(C)Cc1cn(C)nc1C(C)C. The molecule has 27 heavy (non-hydrogen) atoms. The number of guanidine groups is 1. The zero-order valence-electron chi connectivity index (χ0n) is 17.1. The number of hydrogen-bond acceptors (Lipinski definition) is 3.